The minimum absolute atomic E-state index is 0.411. The summed E-state index contributed by atoms with van der Waals surface area (Å²) in [5.41, 5.74) is 1.20. The number of hydrogen-bond acceptors (Lipinski definition) is 4. The Morgan fingerprint density at radius 1 is 0.947 bits per heavy atom. The highest BCUT2D eigenvalue weighted by Crippen LogP contribution is 2.28. The van der Waals surface area contributed by atoms with Crippen molar-refractivity contribution in [1.82, 2.24) is 9.97 Å². The lowest BCUT2D eigenvalue weighted by Crippen LogP contribution is -2.12. The van der Waals surface area contributed by atoms with Gasteiger partial charge < -0.3 is 10.6 Å². The minimum atomic E-state index is 0.411. The van der Waals surface area contributed by atoms with Gasteiger partial charge in [0.1, 0.15) is 18.0 Å². The topological polar surface area (TPSA) is 49.8 Å². The van der Waals surface area contributed by atoms with Crippen LogP contribution in [0.25, 0.3) is 0 Å². The van der Waals surface area contributed by atoms with E-state index in [0.717, 1.165) is 31.1 Å². The number of unbranched alkanes of at least 4 members (excludes halogenated alkanes) is 2. The van der Waals surface area contributed by atoms with Gasteiger partial charge in [0.05, 0.1) is 0 Å². The van der Waals surface area contributed by atoms with E-state index >= 15 is 0 Å². The van der Waals surface area contributed by atoms with Crippen molar-refractivity contribution in [3.63, 3.8) is 0 Å². The molecule has 1 aromatic heterocycles. The molecule has 4 heteroatoms. The predicted octanol–water partition coefficient (Wildman–Crippen LogP) is 4.02. The van der Waals surface area contributed by atoms with Crippen molar-refractivity contribution in [1.29, 1.82) is 0 Å². The zero-order valence-corrected chi connectivity index (χ0v) is 12.8. The van der Waals surface area contributed by atoms with Crippen molar-refractivity contribution in [3.05, 3.63) is 11.9 Å². The Morgan fingerprint density at radius 2 is 1.58 bits per heavy atom. The molecule has 1 rings (SSSR count). The molecule has 4 nitrogen and oxygen atoms in total. The fourth-order valence-electron chi connectivity index (χ4n) is 2.05. The summed E-state index contributed by atoms with van der Waals surface area (Å²) in [6.45, 7) is 10.7. The fraction of sp³-hybridized carbons (Fsp3) is 0.733. The third kappa shape index (κ3) is 5.05. The van der Waals surface area contributed by atoms with Gasteiger partial charge >= 0.3 is 0 Å². The van der Waals surface area contributed by atoms with Gasteiger partial charge in [0.25, 0.3) is 0 Å². The predicted molar refractivity (Wildman–Crippen MR) is 82.9 cm³/mol. The number of aromatic nitrogens is 2. The normalized spacial score (nSPS) is 10.8. The highest BCUT2D eigenvalue weighted by atomic mass is 15.1. The first-order valence-corrected chi connectivity index (χ1v) is 7.53. The Morgan fingerprint density at radius 3 is 2.11 bits per heavy atom. The van der Waals surface area contributed by atoms with Crippen LogP contribution in [-0.2, 0) is 0 Å². The summed E-state index contributed by atoms with van der Waals surface area (Å²) in [4.78, 5) is 8.78. The fourth-order valence-corrected chi connectivity index (χ4v) is 2.05. The summed E-state index contributed by atoms with van der Waals surface area (Å²) in [7, 11) is 0. The van der Waals surface area contributed by atoms with E-state index in [-0.39, 0.29) is 0 Å². The lowest BCUT2D eigenvalue weighted by Gasteiger charge is -2.17. The molecule has 0 saturated heterocycles. The van der Waals surface area contributed by atoms with Crippen molar-refractivity contribution in [2.75, 3.05) is 23.7 Å². The zero-order valence-electron chi connectivity index (χ0n) is 12.8. The molecule has 0 fully saturated rings. The molecule has 0 spiro atoms. The van der Waals surface area contributed by atoms with Gasteiger partial charge in [-0.15, -0.1) is 0 Å². The zero-order chi connectivity index (χ0) is 14.1. The number of rotatable bonds is 9. The summed E-state index contributed by atoms with van der Waals surface area (Å²) in [6.07, 6.45) is 6.43. The van der Waals surface area contributed by atoms with Crippen molar-refractivity contribution >= 4 is 11.6 Å². The van der Waals surface area contributed by atoms with E-state index in [1.54, 1.807) is 6.33 Å². The van der Waals surface area contributed by atoms with E-state index in [4.69, 9.17) is 0 Å². The standard InChI is InChI=1S/C15H28N4/c1-5-7-8-10-17-15-13(12(3)4)14(16-9-6-2)18-11-19-15/h11-12H,5-10H2,1-4H3,(H2,16,17,18,19). The van der Waals surface area contributed by atoms with Crippen LogP contribution in [0.5, 0.6) is 0 Å². The van der Waals surface area contributed by atoms with Crippen molar-refractivity contribution < 1.29 is 0 Å². The molecule has 1 heterocycles. The molecule has 108 valence electrons. The first kappa shape index (κ1) is 15.7. The Bertz CT molecular complexity index is 363. The lowest BCUT2D eigenvalue weighted by molar-refractivity contribution is 0.739. The highest BCUT2D eigenvalue weighted by molar-refractivity contribution is 5.58. The van der Waals surface area contributed by atoms with Gasteiger partial charge in [-0.1, -0.05) is 40.5 Å². The SMILES string of the molecule is CCCCCNc1ncnc(NCCC)c1C(C)C. The summed E-state index contributed by atoms with van der Waals surface area (Å²) in [5, 5.41) is 6.85. The van der Waals surface area contributed by atoms with Gasteiger partial charge in [0, 0.05) is 18.7 Å². The van der Waals surface area contributed by atoms with E-state index in [0.29, 0.717) is 5.92 Å². The maximum Gasteiger partial charge on any atom is 0.134 e. The number of nitrogens with one attached hydrogen (secondary N) is 2. The molecule has 0 aromatic carbocycles. The largest absolute Gasteiger partial charge is 0.370 e. The molecule has 0 unspecified atom stereocenters. The van der Waals surface area contributed by atoms with Crippen LogP contribution < -0.4 is 10.6 Å². The summed E-state index contributed by atoms with van der Waals surface area (Å²) >= 11 is 0. The third-order valence-electron chi connectivity index (χ3n) is 3.08. The van der Waals surface area contributed by atoms with Crippen LogP contribution >= 0.6 is 0 Å². The van der Waals surface area contributed by atoms with Gasteiger partial charge in [0.2, 0.25) is 0 Å². The molecule has 0 aliphatic heterocycles. The van der Waals surface area contributed by atoms with Crippen LogP contribution in [0.15, 0.2) is 6.33 Å². The number of nitrogens with zero attached hydrogens (tertiary/aromatic N) is 2. The average molecular weight is 264 g/mol. The van der Waals surface area contributed by atoms with Crippen molar-refractivity contribution in [2.45, 2.75) is 59.3 Å². The summed E-state index contributed by atoms with van der Waals surface area (Å²) < 4.78 is 0. The summed E-state index contributed by atoms with van der Waals surface area (Å²) in [5.74, 6) is 2.37. The molecule has 0 amide bonds. The Labute approximate surface area is 117 Å². The molecule has 0 bridgehead atoms. The van der Waals surface area contributed by atoms with E-state index in [1.807, 2.05) is 0 Å². The van der Waals surface area contributed by atoms with Gasteiger partial charge in [-0.25, -0.2) is 9.97 Å². The molecule has 0 aliphatic rings. The van der Waals surface area contributed by atoms with Crippen LogP contribution in [0.4, 0.5) is 11.6 Å². The maximum atomic E-state index is 4.40. The second-order valence-corrected chi connectivity index (χ2v) is 5.20. The van der Waals surface area contributed by atoms with E-state index in [1.165, 1.54) is 24.8 Å². The highest BCUT2D eigenvalue weighted by Gasteiger charge is 2.14. The van der Waals surface area contributed by atoms with Crippen molar-refractivity contribution in [3.8, 4) is 0 Å². The molecule has 2 N–H and O–H groups in total. The van der Waals surface area contributed by atoms with Gasteiger partial charge in [0.15, 0.2) is 0 Å². The lowest BCUT2D eigenvalue weighted by atomic mass is 10.0. The third-order valence-corrected chi connectivity index (χ3v) is 3.08. The van der Waals surface area contributed by atoms with E-state index in [2.05, 4.69) is 48.3 Å². The molecule has 0 atom stereocenters. The molecule has 0 saturated carbocycles. The Balaban J connectivity index is 2.77. The number of anilines is 2. The molecular formula is C15H28N4. The van der Waals surface area contributed by atoms with Gasteiger partial charge in [-0.2, -0.15) is 0 Å². The average Bonchev–Trinajstić information content (AvgIpc) is 2.41. The van der Waals surface area contributed by atoms with E-state index in [9.17, 15) is 0 Å². The molecule has 0 radical (unpaired) electrons. The van der Waals surface area contributed by atoms with Crippen LogP contribution in [0.3, 0.4) is 0 Å². The maximum absolute atomic E-state index is 4.40. The molecule has 1 aromatic rings. The number of hydrogen-bond donors (Lipinski definition) is 2. The van der Waals surface area contributed by atoms with Gasteiger partial charge in [-0.05, 0) is 18.8 Å². The van der Waals surface area contributed by atoms with Crippen molar-refractivity contribution in [2.24, 2.45) is 0 Å². The summed E-state index contributed by atoms with van der Waals surface area (Å²) in [6, 6.07) is 0. The van der Waals surface area contributed by atoms with Gasteiger partial charge in [-0.3, -0.25) is 0 Å². The van der Waals surface area contributed by atoms with Crippen LogP contribution in [-0.4, -0.2) is 23.1 Å². The second kappa shape index (κ2) is 8.73. The Hall–Kier alpha value is -1.32. The monoisotopic (exact) mass is 264 g/mol. The Kier molecular flexibility index (Phi) is 7.23. The first-order chi connectivity index (χ1) is 9.20. The quantitative estimate of drug-likeness (QED) is 0.661. The van der Waals surface area contributed by atoms with Crippen LogP contribution in [0.2, 0.25) is 0 Å². The smallest absolute Gasteiger partial charge is 0.134 e. The minimum Gasteiger partial charge on any atom is -0.370 e. The molecule has 19 heavy (non-hydrogen) atoms. The molecule has 0 aliphatic carbocycles. The van der Waals surface area contributed by atoms with Crippen LogP contribution in [0.1, 0.15) is 64.9 Å². The van der Waals surface area contributed by atoms with E-state index < -0.39 is 0 Å². The molecular weight excluding hydrogens is 236 g/mol. The van der Waals surface area contributed by atoms with Crippen LogP contribution in [0, 0.1) is 0 Å². The second-order valence-electron chi connectivity index (χ2n) is 5.20. The first-order valence-electron chi connectivity index (χ1n) is 7.53.